The van der Waals surface area contributed by atoms with Crippen molar-refractivity contribution in [1.82, 2.24) is 0 Å². The Morgan fingerprint density at radius 2 is 0.644 bits per heavy atom. The van der Waals surface area contributed by atoms with Crippen LogP contribution in [0.4, 0.5) is 0 Å². The van der Waals surface area contributed by atoms with Gasteiger partial charge in [-0.15, -0.1) is 11.3 Å². The highest BCUT2D eigenvalue weighted by Crippen LogP contribution is 2.65. The molecule has 6 aromatic carbocycles. The van der Waals surface area contributed by atoms with E-state index in [1.54, 1.807) is 0 Å². The summed E-state index contributed by atoms with van der Waals surface area (Å²) in [5, 5.41) is 2.49. The predicted octanol–water partition coefficient (Wildman–Crippen LogP) is 10.1. The Morgan fingerprint density at radius 3 is 0.978 bits per heavy atom. The van der Waals surface area contributed by atoms with Gasteiger partial charge in [-0.2, -0.15) is 0 Å². The van der Waals surface area contributed by atoms with Crippen LogP contribution in [0.3, 0.4) is 0 Å². The topological polar surface area (TPSA) is 0 Å². The largest absolute Gasteiger partial charge is 0.147 e. The van der Waals surface area contributed by atoms with Crippen LogP contribution in [0.5, 0.6) is 0 Å². The average molecular weight is 589 g/mol. The molecule has 0 aliphatic heterocycles. The Balaban J connectivity index is 1.27. The second-order valence-corrected chi connectivity index (χ2v) is 14.0. The Bertz CT molecular complexity index is 1970. The van der Waals surface area contributed by atoms with Crippen molar-refractivity contribution in [3.63, 3.8) is 0 Å². The fraction of sp³-hybridized carbons (Fsp3) is 0.0909. The van der Waals surface area contributed by atoms with Gasteiger partial charge < -0.3 is 0 Å². The summed E-state index contributed by atoms with van der Waals surface area (Å²) in [5.74, 6) is 0.541. The predicted molar refractivity (Wildman–Crippen MR) is 183 cm³/mol. The molecule has 1 aromatic heterocycles. The third-order valence-corrected chi connectivity index (χ3v) is 12.5. The number of hydrogen-bond acceptors (Lipinski definition) is 1. The van der Waals surface area contributed by atoms with Crippen LogP contribution in [0.25, 0.3) is 0 Å². The maximum Gasteiger partial charge on any atom is 0.0803 e. The van der Waals surface area contributed by atoms with Crippen LogP contribution in [0.2, 0.25) is 0 Å². The molecule has 0 fully saturated rings. The van der Waals surface area contributed by atoms with Gasteiger partial charge in [0.2, 0.25) is 0 Å². The maximum atomic E-state index is 2.59. The summed E-state index contributed by atoms with van der Waals surface area (Å²) in [6.07, 6.45) is 0. The normalized spacial score (nSPS) is 23.7. The highest BCUT2D eigenvalue weighted by Gasteiger charge is 2.56. The minimum Gasteiger partial charge on any atom is -0.147 e. The third kappa shape index (κ3) is 2.65. The van der Waals surface area contributed by atoms with Crippen LogP contribution in [-0.4, -0.2) is 0 Å². The molecule has 1 heterocycles. The van der Waals surface area contributed by atoms with Gasteiger partial charge in [-0.05, 0) is 83.8 Å². The molecule has 0 amide bonds. The first kappa shape index (κ1) is 24.4. The van der Waals surface area contributed by atoms with Crippen LogP contribution < -0.4 is 0 Å². The van der Waals surface area contributed by atoms with E-state index >= 15 is 0 Å². The molecule has 0 radical (unpaired) electrons. The molecule has 210 valence electrons. The molecule has 1 heteroatoms. The Labute approximate surface area is 267 Å². The lowest BCUT2D eigenvalue weighted by Gasteiger charge is -2.51. The monoisotopic (exact) mass is 588 g/mol. The number of thiophene rings is 1. The van der Waals surface area contributed by atoms with Crippen molar-refractivity contribution in [3.8, 4) is 0 Å². The number of benzene rings is 6. The highest BCUT2D eigenvalue weighted by molar-refractivity contribution is 7.10. The van der Waals surface area contributed by atoms with Gasteiger partial charge in [-0.25, -0.2) is 0 Å². The Kier molecular flexibility index (Phi) is 4.54. The SMILES string of the molecule is c1ccc2c(c1)C1c3ccccc3C2(c2csc(C34c5ccccc5C(c5ccccc53)c3ccccc34)c2)c2ccccc21. The minimum absolute atomic E-state index is 0.270. The molecule has 0 unspecified atom stereocenters. The van der Waals surface area contributed by atoms with Crippen molar-refractivity contribution in [1.29, 1.82) is 0 Å². The maximum absolute atomic E-state index is 2.59. The second kappa shape index (κ2) is 8.38. The van der Waals surface area contributed by atoms with Gasteiger partial charge in [-0.3, -0.25) is 0 Å². The smallest absolute Gasteiger partial charge is 0.0803 e. The van der Waals surface area contributed by atoms with Gasteiger partial charge in [-0.1, -0.05) is 146 Å². The quantitative estimate of drug-likeness (QED) is 0.188. The van der Waals surface area contributed by atoms with E-state index in [0.717, 1.165) is 0 Å². The first-order valence-corrected chi connectivity index (χ1v) is 16.9. The highest BCUT2D eigenvalue weighted by atomic mass is 32.1. The molecule has 7 aromatic rings. The Hall–Kier alpha value is -4.98. The molecule has 0 N–H and O–H groups in total. The average Bonchev–Trinajstić information content (AvgIpc) is 3.62. The standard InChI is InChI=1S/C44H28S/c1-7-19-34-28(13-1)41-29-14-2-8-20-35(29)43(34,36-21-9-3-15-30(36)41)27-25-40(45-26-27)44-37-22-10-4-16-31(37)42(32-17-5-11-23-38(32)44)33-18-6-12-24-39(33)44/h1-26,41-42H. The van der Waals surface area contributed by atoms with Gasteiger partial charge in [0.15, 0.2) is 0 Å². The summed E-state index contributed by atoms with van der Waals surface area (Å²) in [5.41, 5.74) is 17.9. The van der Waals surface area contributed by atoms with E-state index < -0.39 is 0 Å². The molecule has 0 saturated heterocycles. The Morgan fingerprint density at radius 1 is 0.356 bits per heavy atom. The van der Waals surface area contributed by atoms with Gasteiger partial charge in [0.05, 0.1) is 10.8 Å². The van der Waals surface area contributed by atoms with E-state index in [1.165, 1.54) is 77.2 Å². The van der Waals surface area contributed by atoms with E-state index in [2.05, 4.69) is 157 Å². The molecule has 13 rings (SSSR count). The molecule has 6 aliphatic rings. The van der Waals surface area contributed by atoms with Crippen molar-refractivity contribution in [2.75, 3.05) is 0 Å². The van der Waals surface area contributed by atoms with Crippen LogP contribution in [0.15, 0.2) is 157 Å². The minimum atomic E-state index is -0.367. The van der Waals surface area contributed by atoms with Crippen molar-refractivity contribution < 1.29 is 0 Å². The summed E-state index contributed by atoms with van der Waals surface area (Å²) in [7, 11) is 0. The van der Waals surface area contributed by atoms with Crippen LogP contribution >= 0.6 is 11.3 Å². The summed E-state index contributed by atoms with van der Waals surface area (Å²) < 4.78 is 0. The zero-order chi connectivity index (χ0) is 29.3. The molecule has 4 bridgehead atoms. The lowest BCUT2D eigenvalue weighted by molar-refractivity contribution is 0.623. The van der Waals surface area contributed by atoms with Crippen molar-refractivity contribution in [3.05, 3.63) is 234 Å². The van der Waals surface area contributed by atoms with E-state index in [9.17, 15) is 0 Å². The molecular weight excluding hydrogens is 561 g/mol. The zero-order valence-corrected chi connectivity index (χ0v) is 25.4. The molecule has 0 nitrogen and oxygen atoms in total. The van der Waals surface area contributed by atoms with Gasteiger partial charge >= 0.3 is 0 Å². The molecule has 0 atom stereocenters. The lowest BCUT2D eigenvalue weighted by Crippen LogP contribution is -2.43. The van der Waals surface area contributed by atoms with E-state index in [0.29, 0.717) is 0 Å². The van der Waals surface area contributed by atoms with Gasteiger partial charge in [0, 0.05) is 16.7 Å². The molecular formula is C44H28S. The fourth-order valence-electron chi connectivity index (χ4n) is 10.0. The van der Waals surface area contributed by atoms with E-state index in [4.69, 9.17) is 0 Å². The summed E-state index contributed by atoms with van der Waals surface area (Å²) in [6, 6.07) is 58.0. The van der Waals surface area contributed by atoms with Crippen LogP contribution in [0.1, 0.15) is 89.0 Å². The van der Waals surface area contributed by atoms with E-state index in [1.807, 2.05) is 11.3 Å². The van der Waals surface area contributed by atoms with Crippen molar-refractivity contribution in [2.24, 2.45) is 0 Å². The van der Waals surface area contributed by atoms with Gasteiger partial charge in [0.1, 0.15) is 0 Å². The first-order valence-electron chi connectivity index (χ1n) is 16.0. The van der Waals surface area contributed by atoms with Crippen molar-refractivity contribution >= 4 is 11.3 Å². The van der Waals surface area contributed by atoms with Crippen LogP contribution in [-0.2, 0) is 10.8 Å². The second-order valence-electron chi connectivity index (χ2n) is 13.1. The fourth-order valence-corrected chi connectivity index (χ4v) is 11.2. The summed E-state index contributed by atoms with van der Waals surface area (Å²) in [4.78, 5) is 1.40. The third-order valence-electron chi connectivity index (χ3n) is 11.5. The number of rotatable bonds is 2. The first-order chi connectivity index (χ1) is 22.3. The van der Waals surface area contributed by atoms with Crippen LogP contribution in [0, 0.1) is 0 Å². The van der Waals surface area contributed by atoms with Crippen molar-refractivity contribution in [2.45, 2.75) is 22.7 Å². The summed E-state index contributed by atoms with van der Waals surface area (Å²) >= 11 is 1.94. The summed E-state index contributed by atoms with van der Waals surface area (Å²) in [6.45, 7) is 0. The molecule has 45 heavy (non-hydrogen) atoms. The lowest BCUT2D eigenvalue weighted by atomic mass is 9.50. The van der Waals surface area contributed by atoms with E-state index in [-0.39, 0.29) is 22.7 Å². The molecule has 6 aliphatic carbocycles. The molecule has 0 spiro atoms. The van der Waals surface area contributed by atoms with Gasteiger partial charge in [0.25, 0.3) is 0 Å². The zero-order valence-electron chi connectivity index (χ0n) is 24.6. The molecule has 0 saturated carbocycles. The number of hydrogen-bond donors (Lipinski definition) is 0.